The van der Waals surface area contributed by atoms with Gasteiger partial charge in [0.2, 0.25) is 0 Å². The van der Waals surface area contributed by atoms with Crippen molar-refractivity contribution >= 4 is 6.09 Å². The number of rotatable bonds is 5. The van der Waals surface area contributed by atoms with Crippen LogP contribution in [0.25, 0.3) is 0 Å². The Balaban J connectivity index is 0.00000484. The van der Waals surface area contributed by atoms with Gasteiger partial charge in [0.05, 0.1) is 23.8 Å². The Hall–Kier alpha value is -1.66. The maximum absolute atomic E-state index is 13.6. The van der Waals surface area contributed by atoms with E-state index in [1.54, 1.807) is 34.6 Å². The van der Waals surface area contributed by atoms with Gasteiger partial charge >= 0.3 is 6.09 Å². The monoisotopic (exact) mass is 319 g/mol. The van der Waals surface area contributed by atoms with Crippen LogP contribution < -0.4 is 5.32 Å². The van der Waals surface area contributed by atoms with E-state index in [4.69, 9.17) is 4.74 Å². The molecular formula is C15H27F2N3O2. The smallest absolute Gasteiger partial charge is 0.408 e. The largest absolute Gasteiger partial charge is 0.444 e. The Morgan fingerprint density at radius 3 is 2.45 bits per heavy atom. The van der Waals surface area contributed by atoms with Gasteiger partial charge in [-0.1, -0.05) is 6.92 Å². The molecule has 1 rings (SSSR count). The summed E-state index contributed by atoms with van der Waals surface area (Å²) in [5.74, 6) is -2.89. The summed E-state index contributed by atoms with van der Waals surface area (Å²) in [4.78, 5) is 11.8. The first-order valence-corrected chi connectivity index (χ1v) is 7.26. The van der Waals surface area contributed by atoms with Gasteiger partial charge in [-0.15, -0.1) is 0 Å². The van der Waals surface area contributed by atoms with Gasteiger partial charge in [0.1, 0.15) is 5.60 Å². The number of ether oxygens (including phenoxy) is 1. The van der Waals surface area contributed by atoms with Crippen LogP contribution >= 0.6 is 0 Å². The van der Waals surface area contributed by atoms with E-state index in [-0.39, 0.29) is 20.0 Å². The summed E-state index contributed by atoms with van der Waals surface area (Å²) in [7, 11) is 0. The van der Waals surface area contributed by atoms with Crippen LogP contribution in [0, 0.1) is 0 Å². The normalized spacial score (nSPS) is 13.1. The van der Waals surface area contributed by atoms with Gasteiger partial charge in [0, 0.05) is 14.0 Å². The molecule has 0 aromatic carbocycles. The van der Waals surface area contributed by atoms with Gasteiger partial charge in [-0.3, -0.25) is 4.68 Å². The quantitative estimate of drug-likeness (QED) is 0.894. The number of alkyl halides is 2. The van der Waals surface area contributed by atoms with Crippen LogP contribution in [0.1, 0.15) is 55.0 Å². The van der Waals surface area contributed by atoms with Gasteiger partial charge in [0.15, 0.2) is 0 Å². The molecule has 7 heteroatoms. The van der Waals surface area contributed by atoms with Crippen LogP contribution in [0.5, 0.6) is 0 Å². The summed E-state index contributed by atoms with van der Waals surface area (Å²) >= 11 is 0. The third-order valence-corrected chi connectivity index (χ3v) is 2.90. The number of carbonyl (C=O) groups excluding carboxylic acids is 1. The highest BCUT2D eigenvalue weighted by molar-refractivity contribution is 5.68. The lowest BCUT2D eigenvalue weighted by molar-refractivity contribution is -0.00845. The lowest BCUT2D eigenvalue weighted by Gasteiger charge is -2.28. The first-order chi connectivity index (χ1) is 9.85. The van der Waals surface area contributed by atoms with E-state index >= 15 is 0 Å². The van der Waals surface area contributed by atoms with Gasteiger partial charge < -0.3 is 10.1 Å². The number of hydrogen-bond donors (Lipinski definition) is 1. The van der Waals surface area contributed by atoms with E-state index in [9.17, 15) is 13.6 Å². The second kappa shape index (κ2) is 6.22. The average Bonchev–Trinajstić information content (AvgIpc) is 2.73. The van der Waals surface area contributed by atoms with Crippen LogP contribution in [0.3, 0.4) is 0 Å². The molecule has 0 saturated heterocycles. The summed E-state index contributed by atoms with van der Waals surface area (Å²) in [5, 5.41) is 6.66. The Bertz CT molecular complexity index is 525. The van der Waals surface area contributed by atoms with Crippen molar-refractivity contribution in [3.63, 3.8) is 0 Å². The maximum atomic E-state index is 13.6. The number of halogens is 2. The zero-order valence-corrected chi connectivity index (χ0v) is 14.0. The lowest BCUT2D eigenvalue weighted by atomic mass is 10.1. The van der Waals surface area contributed by atoms with Crippen molar-refractivity contribution in [1.82, 2.24) is 15.1 Å². The molecule has 1 N–H and O–H groups in total. The number of nitrogens with one attached hydrogen (secondary N) is 1. The van der Waals surface area contributed by atoms with Crippen molar-refractivity contribution < 1.29 is 19.7 Å². The number of hydrogen-bond acceptors (Lipinski definition) is 3. The minimum Gasteiger partial charge on any atom is -0.444 e. The van der Waals surface area contributed by atoms with E-state index in [1.165, 1.54) is 17.8 Å². The summed E-state index contributed by atoms with van der Waals surface area (Å²) in [6.45, 7) is 10.5. The highest BCUT2D eigenvalue weighted by Gasteiger charge is 2.31. The zero-order chi connectivity index (χ0) is 17.2. The number of carbonyl (C=O) groups is 1. The third-order valence-electron chi connectivity index (χ3n) is 2.90. The molecule has 0 saturated carbocycles. The molecule has 1 aromatic rings. The third kappa shape index (κ3) is 5.61. The second-order valence-electron chi connectivity index (χ2n) is 7.00. The van der Waals surface area contributed by atoms with E-state index in [1.807, 2.05) is 0 Å². The van der Waals surface area contributed by atoms with Crippen molar-refractivity contribution in [2.24, 2.45) is 0 Å². The molecule has 5 nitrogen and oxygen atoms in total. The fraction of sp³-hybridized carbons (Fsp3) is 0.733. The zero-order valence-electron chi connectivity index (χ0n) is 14.0. The predicted molar refractivity (Wildman–Crippen MR) is 82.0 cm³/mol. The van der Waals surface area contributed by atoms with Crippen LogP contribution in [0.4, 0.5) is 13.6 Å². The molecule has 0 aliphatic heterocycles. The fourth-order valence-corrected chi connectivity index (χ4v) is 1.87. The molecule has 1 aromatic heterocycles. The topological polar surface area (TPSA) is 56.2 Å². The van der Waals surface area contributed by atoms with E-state index in [0.29, 0.717) is 0 Å². The highest BCUT2D eigenvalue weighted by Crippen LogP contribution is 2.30. The fourth-order valence-electron chi connectivity index (χ4n) is 1.87. The number of amides is 1. The summed E-state index contributed by atoms with van der Waals surface area (Å²) in [6, 6.07) is 0. The minimum absolute atomic E-state index is 0. The van der Waals surface area contributed by atoms with Crippen LogP contribution in [0.15, 0.2) is 12.4 Å². The molecule has 1 heterocycles. The lowest BCUT2D eigenvalue weighted by Crippen LogP contribution is -2.48. The Labute approximate surface area is 131 Å². The van der Waals surface area contributed by atoms with E-state index in [0.717, 1.165) is 6.20 Å². The van der Waals surface area contributed by atoms with Crippen molar-refractivity contribution in [2.45, 2.75) is 71.6 Å². The number of aromatic nitrogens is 2. The highest BCUT2D eigenvalue weighted by atomic mass is 19.3. The van der Waals surface area contributed by atoms with Crippen LogP contribution in [-0.4, -0.2) is 27.0 Å². The van der Waals surface area contributed by atoms with Gasteiger partial charge in [0.25, 0.3) is 5.92 Å². The molecule has 0 spiro atoms. The summed E-state index contributed by atoms with van der Waals surface area (Å²) < 4.78 is 33.8. The molecule has 0 fully saturated rings. The van der Waals surface area contributed by atoms with E-state index in [2.05, 4.69) is 10.4 Å². The SMILES string of the molecule is CCC(F)(F)c1cnn(CC(C)(C)NC(=O)OC(C)(C)C)c1.[HH]. The predicted octanol–water partition coefficient (Wildman–Crippen LogP) is 3.93. The second-order valence-corrected chi connectivity index (χ2v) is 7.00. The Kier molecular flexibility index (Phi) is 5.20. The van der Waals surface area contributed by atoms with Gasteiger partial charge in [-0.05, 0) is 34.6 Å². The first kappa shape index (κ1) is 18.4. The summed E-state index contributed by atoms with van der Waals surface area (Å²) in [6.07, 6.45) is 1.64. The molecule has 0 unspecified atom stereocenters. The van der Waals surface area contributed by atoms with Crippen molar-refractivity contribution in [3.8, 4) is 0 Å². The first-order valence-electron chi connectivity index (χ1n) is 7.26. The molecule has 0 atom stereocenters. The maximum Gasteiger partial charge on any atom is 0.408 e. The molecule has 22 heavy (non-hydrogen) atoms. The number of nitrogens with zero attached hydrogens (tertiary/aromatic N) is 2. The van der Waals surface area contributed by atoms with Crippen molar-refractivity contribution in [2.75, 3.05) is 0 Å². The number of alkyl carbamates (subject to hydrolysis) is 1. The van der Waals surface area contributed by atoms with Crippen molar-refractivity contribution in [1.29, 1.82) is 0 Å². The molecular weight excluding hydrogens is 292 g/mol. The average molecular weight is 319 g/mol. The molecule has 1 amide bonds. The van der Waals surface area contributed by atoms with Crippen molar-refractivity contribution in [3.05, 3.63) is 18.0 Å². The summed E-state index contributed by atoms with van der Waals surface area (Å²) in [5.41, 5.74) is -1.40. The molecule has 0 aliphatic rings. The Morgan fingerprint density at radius 1 is 1.36 bits per heavy atom. The van der Waals surface area contributed by atoms with Crippen LogP contribution in [0.2, 0.25) is 0 Å². The van der Waals surface area contributed by atoms with E-state index < -0.39 is 23.2 Å². The molecule has 128 valence electrons. The van der Waals surface area contributed by atoms with Gasteiger partial charge in [-0.2, -0.15) is 5.10 Å². The standard InChI is InChI=1S/C15H25F2N3O2.H2/c1-7-15(16,17)11-8-18-20(9-11)10-14(5,6)19-12(21)22-13(2,3)4;/h8-9H,7,10H2,1-6H3,(H,19,21);1H. The van der Waals surface area contributed by atoms with Gasteiger partial charge in [-0.25, -0.2) is 13.6 Å². The molecule has 0 radical (unpaired) electrons. The Morgan fingerprint density at radius 2 is 1.95 bits per heavy atom. The minimum atomic E-state index is -2.89. The van der Waals surface area contributed by atoms with Crippen LogP contribution in [-0.2, 0) is 17.2 Å². The molecule has 0 aliphatic carbocycles. The molecule has 0 bridgehead atoms.